The molecule has 1 aliphatic rings. The minimum atomic E-state index is 0.839. The van der Waals surface area contributed by atoms with Gasteiger partial charge in [0.2, 0.25) is 0 Å². The normalized spacial score (nSPS) is 15.1. The lowest BCUT2D eigenvalue weighted by atomic mass is 10.2. The van der Waals surface area contributed by atoms with Gasteiger partial charge in [0.1, 0.15) is 11.6 Å². The van der Waals surface area contributed by atoms with Crippen LogP contribution in [0.2, 0.25) is 0 Å². The van der Waals surface area contributed by atoms with Gasteiger partial charge in [-0.05, 0) is 24.3 Å². The minimum Gasteiger partial charge on any atom is -0.496 e. The predicted octanol–water partition coefficient (Wildman–Crippen LogP) is 2.42. The van der Waals surface area contributed by atoms with Gasteiger partial charge in [-0.15, -0.1) is 0 Å². The Bertz CT molecular complexity index is 821. The molecule has 0 bridgehead atoms. The summed E-state index contributed by atoms with van der Waals surface area (Å²) in [6.45, 7) is 4.17. The molecule has 118 valence electrons. The van der Waals surface area contributed by atoms with Crippen molar-refractivity contribution in [2.45, 2.75) is 0 Å². The van der Waals surface area contributed by atoms with Crippen molar-refractivity contribution in [3.05, 3.63) is 48.8 Å². The van der Waals surface area contributed by atoms with Crippen molar-refractivity contribution in [1.29, 1.82) is 0 Å². The number of aromatic nitrogens is 2. The van der Waals surface area contributed by atoms with Crippen LogP contribution in [0.15, 0.2) is 48.8 Å². The monoisotopic (exact) mass is 308 g/mol. The van der Waals surface area contributed by atoms with Crippen molar-refractivity contribution in [3.8, 4) is 17.1 Å². The Hall–Kier alpha value is -2.53. The third-order valence-corrected chi connectivity index (χ3v) is 4.35. The molecule has 1 aliphatic heterocycles. The van der Waals surface area contributed by atoms with E-state index in [1.54, 1.807) is 7.11 Å². The molecule has 5 nitrogen and oxygen atoms in total. The Morgan fingerprint density at radius 2 is 1.96 bits per heavy atom. The first kappa shape index (κ1) is 14.1. The highest BCUT2D eigenvalue weighted by Crippen LogP contribution is 2.30. The molecule has 1 N–H and O–H groups in total. The van der Waals surface area contributed by atoms with Gasteiger partial charge in [0.15, 0.2) is 0 Å². The molecular weight excluding hydrogens is 288 g/mol. The second-order valence-corrected chi connectivity index (χ2v) is 5.70. The number of rotatable bonds is 3. The number of nitrogens with zero attached hydrogens (tertiary/aromatic N) is 3. The van der Waals surface area contributed by atoms with E-state index < -0.39 is 0 Å². The molecular formula is C18H20N4O. The number of ether oxygens (including phenoxy) is 1. The summed E-state index contributed by atoms with van der Waals surface area (Å²) in [5.74, 6) is 1.75. The van der Waals surface area contributed by atoms with Crippen LogP contribution in [-0.2, 0) is 0 Å². The quantitative estimate of drug-likeness (QED) is 0.807. The third-order valence-electron chi connectivity index (χ3n) is 4.35. The Morgan fingerprint density at radius 1 is 1.13 bits per heavy atom. The van der Waals surface area contributed by atoms with Gasteiger partial charge in [0.05, 0.1) is 24.4 Å². The first-order chi connectivity index (χ1) is 11.4. The smallest absolute Gasteiger partial charge is 0.148 e. The van der Waals surface area contributed by atoms with E-state index in [1.165, 1.54) is 5.69 Å². The third kappa shape index (κ3) is 2.53. The average molecular weight is 308 g/mol. The van der Waals surface area contributed by atoms with Gasteiger partial charge in [0, 0.05) is 38.1 Å². The number of hydrogen-bond acceptors (Lipinski definition) is 4. The Labute approximate surface area is 135 Å². The zero-order valence-electron chi connectivity index (χ0n) is 13.2. The van der Waals surface area contributed by atoms with Gasteiger partial charge < -0.3 is 15.0 Å². The molecule has 0 spiro atoms. The van der Waals surface area contributed by atoms with Crippen molar-refractivity contribution in [3.63, 3.8) is 0 Å². The number of benzene rings is 1. The number of piperazine rings is 1. The summed E-state index contributed by atoms with van der Waals surface area (Å²) in [5.41, 5.74) is 3.36. The maximum atomic E-state index is 5.47. The van der Waals surface area contributed by atoms with Crippen LogP contribution < -0.4 is 15.0 Å². The van der Waals surface area contributed by atoms with Crippen molar-refractivity contribution in [1.82, 2.24) is 14.7 Å². The van der Waals surface area contributed by atoms with E-state index in [0.29, 0.717) is 0 Å². The van der Waals surface area contributed by atoms with Crippen LogP contribution in [0.4, 0.5) is 5.69 Å². The molecule has 23 heavy (non-hydrogen) atoms. The van der Waals surface area contributed by atoms with Crippen LogP contribution in [0.1, 0.15) is 0 Å². The molecule has 4 rings (SSSR count). The molecule has 3 heterocycles. The van der Waals surface area contributed by atoms with E-state index in [2.05, 4.69) is 37.9 Å². The largest absolute Gasteiger partial charge is 0.496 e. The summed E-state index contributed by atoms with van der Waals surface area (Å²) in [7, 11) is 1.69. The standard InChI is InChI=1S/C18H20N4O/c1-23-17-5-3-2-4-16(17)18-20-13-15-12-14(6-9-22(15)18)21-10-7-19-8-11-21/h2-6,9,12-13,19H,7-8,10-11H2,1H3. The van der Waals surface area contributed by atoms with Gasteiger partial charge in [-0.1, -0.05) is 12.1 Å². The summed E-state index contributed by atoms with van der Waals surface area (Å²) in [6.07, 6.45) is 4.02. The second kappa shape index (κ2) is 5.93. The predicted molar refractivity (Wildman–Crippen MR) is 92.3 cm³/mol. The molecule has 0 saturated carbocycles. The van der Waals surface area contributed by atoms with E-state index in [9.17, 15) is 0 Å². The average Bonchev–Trinajstić information content (AvgIpc) is 3.05. The van der Waals surface area contributed by atoms with Gasteiger partial charge >= 0.3 is 0 Å². The topological polar surface area (TPSA) is 41.8 Å². The van der Waals surface area contributed by atoms with Crippen LogP contribution in [0, 0.1) is 0 Å². The number of nitrogens with one attached hydrogen (secondary N) is 1. The van der Waals surface area contributed by atoms with Crippen LogP contribution in [0.25, 0.3) is 16.9 Å². The fraction of sp³-hybridized carbons (Fsp3) is 0.278. The molecule has 5 heteroatoms. The summed E-state index contributed by atoms with van der Waals surface area (Å²) in [4.78, 5) is 7.02. The molecule has 1 saturated heterocycles. The molecule has 0 unspecified atom stereocenters. The molecule has 0 radical (unpaired) electrons. The van der Waals surface area contributed by atoms with Crippen LogP contribution in [0.5, 0.6) is 5.75 Å². The lowest BCUT2D eigenvalue weighted by Gasteiger charge is -2.29. The molecule has 0 atom stereocenters. The number of para-hydroxylation sites is 1. The van der Waals surface area contributed by atoms with Crippen molar-refractivity contribution in [2.75, 3.05) is 38.2 Å². The zero-order valence-corrected chi connectivity index (χ0v) is 13.2. The van der Waals surface area contributed by atoms with Crippen LogP contribution in [0.3, 0.4) is 0 Å². The molecule has 0 amide bonds. The Kier molecular flexibility index (Phi) is 3.63. The van der Waals surface area contributed by atoms with Gasteiger partial charge in [0.25, 0.3) is 0 Å². The van der Waals surface area contributed by atoms with Crippen LogP contribution in [-0.4, -0.2) is 42.7 Å². The fourth-order valence-corrected chi connectivity index (χ4v) is 3.14. The number of methoxy groups -OCH3 is 1. The highest BCUT2D eigenvalue weighted by Gasteiger charge is 2.14. The zero-order chi connectivity index (χ0) is 15.6. The fourth-order valence-electron chi connectivity index (χ4n) is 3.14. The lowest BCUT2D eigenvalue weighted by molar-refractivity contribution is 0.416. The minimum absolute atomic E-state index is 0.839. The molecule has 1 fully saturated rings. The summed E-state index contributed by atoms with van der Waals surface area (Å²) < 4.78 is 7.58. The number of hydrogen-bond donors (Lipinski definition) is 1. The first-order valence-corrected chi connectivity index (χ1v) is 7.93. The van der Waals surface area contributed by atoms with Gasteiger partial charge in [-0.25, -0.2) is 4.98 Å². The molecule has 3 aromatic rings. The number of pyridine rings is 1. The highest BCUT2D eigenvalue weighted by molar-refractivity contribution is 5.70. The van der Waals surface area contributed by atoms with Crippen molar-refractivity contribution >= 4 is 11.2 Å². The Morgan fingerprint density at radius 3 is 2.78 bits per heavy atom. The maximum Gasteiger partial charge on any atom is 0.148 e. The molecule has 0 aliphatic carbocycles. The molecule has 1 aromatic carbocycles. The number of imidazole rings is 1. The summed E-state index contributed by atoms with van der Waals surface area (Å²) >= 11 is 0. The van der Waals surface area contributed by atoms with E-state index in [-0.39, 0.29) is 0 Å². The lowest BCUT2D eigenvalue weighted by Crippen LogP contribution is -2.43. The SMILES string of the molecule is COc1ccccc1-c1ncc2cc(N3CCNCC3)ccn12. The first-order valence-electron chi connectivity index (χ1n) is 7.93. The maximum absolute atomic E-state index is 5.47. The van der Waals surface area contributed by atoms with Gasteiger partial charge in [-0.3, -0.25) is 4.40 Å². The van der Waals surface area contributed by atoms with E-state index in [1.807, 2.05) is 30.5 Å². The van der Waals surface area contributed by atoms with Crippen LogP contribution >= 0.6 is 0 Å². The molecule has 2 aromatic heterocycles. The van der Waals surface area contributed by atoms with Crippen molar-refractivity contribution in [2.24, 2.45) is 0 Å². The van der Waals surface area contributed by atoms with Crippen molar-refractivity contribution < 1.29 is 4.74 Å². The van der Waals surface area contributed by atoms with E-state index >= 15 is 0 Å². The number of anilines is 1. The van der Waals surface area contributed by atoms with E-state index in [0.717, 1.165) is 48.8 Å². The van der Waals surface area contributed by atoms with Gasteiger partial charge in [-0.2, -0.15) is 0 Å². The summed E-state index contributed by atoms with van der Waals surface area (Å²) in [6, 6.07) is 12.4. The summed E-state index contributed by atoms with van der Waals surface area (Å²) in [5, 5.41) is 3.39. The Balaban J connectivity index is 1.75. The highest BCUT2D eigenvalue weighted by atomic mass is 16.5. The van der Waals surface area contributed by atoms with E-state index in [4.69, 9.17) is 4.74 Å². The number of fused-ring (bicyclic) bond motifs is 1. The second-order valence-electron chi connectivity index (χ2n) is 5.70.